The minimum absolute atomic E-state index is 0.0869. The number of anilines is 1. The van der Waals surface area contributed by atoms with Gasteiger partial charge < -0.3 is 4.90 Å². The van der Waals surface area contributed by atoms with Gasteiger partial charge in [-0.15, -0.1) is 0 Å². The fourth-order valence-electron chi connectivity index (χ4n) is 3.08. The first-order chi connectivity index (χ1) is 13.4. The molecule has 0 unspecified atom stereocenters. The maximum absolute atomic E-state index is 13.6. The summed E-state index contributed by atoms with van der Waals surface area (Å²) in [6.45, 7) is 3.16. The molecule has 0 radical (unpaired) electrons. The molecule has 3 aromatic heterocycles. The van der Waals surface area contributed by atoms with Gasteiger partial charge in [0.05, 0.1) is 15.9 Å². The zero-order valence-corrected chi connectivity index (χ0v) is 18.3. The number of nitrogens with zero attached hydrogens (tertiary/aromatic N) is 5. The highest BCUT2D eigenvalue weighted by atomic mass is 79.9. The largest absolute Gasteiger partial charge is 0.308 e. The Bertz CT molecular complexity index is 1170. The monoisotopic (exact) mass is 457 g/mol. The minimum atomic E-state index is -0.0869. The van der Waals surface area contributed by atoms with Crippen LogP contribution in [0.3, 0.4) is 0 Å². The van der Waals surface area contributed by atoms with Gasteiger partial charge in [0, 0.05) is 23.8 Å². The fraction of sp³-hybridized carbons (Fsp3) is 0.250. The van der Waals surface area contributed by atoms with Crippen LogP contribution in [0.2, 0.25) is 0 Å². The lowest BCUT2D eigenvalue weighted by molar-refractivity contribution is 0.0979. The second kappa shape index (κ2) is 7.62. The average Bonchev–Trinajstić information content (AvgIpc) is 3.20. The number of pyridine rings is 1. The molecule has 4 rings (SSSR count). The highest BCUT2D eigenvalue weighted by molar-refractivity contribution is 9.10. The van der Waals surface area contributed by atoms with Crippen LogP contribution in [-0.2, 0) is 0 Å². The Hall–Kier alpha value is -2.29. The van der Waals surface area contributed by atoms with E-state index < -0.39 is 0 Å². The van der Waals surface area contributed by atoms with Crippen molar-refractivity contribution in [1.82, 2.24) is 19.3 Å². The highest BCUT2D eigenvalue weighted by Crippen LogP contribution is 2.32. The van der Waals surface area contributed by atoms with Crippen molar-refractivity contribution in [2.75, 3.05) is 32.1 Å². The van der Waals surface area contributed by atoms with Gasteiger partial charge >= 0.3 is 0 Å². The topological polar surface area (TPSA) is 53.7 Å². The molecule has 0 saturated heterocycles. The van der Waals surface area contributed by atoms with E-state index in [0.29, 0.717) is 17.4 Å². The third kappa shape index (κ3) is 3.55. The standard InChI is InChI=1S/C20H20BrN5OS/c1-13-18(25-9-5-4-6-17(25)22-13)19(27)26(11-10-24(2)3)20-23-15-8-7-14(21)12-16(15)28-20/h4-9,12H,10-11H2,1-3H3. The molecule has 0 bridgehead atoms. The van der Waals surface area contributed by atoms with Gasteiger partial charge in [0.25, 0.3) is 5.91 Å². The quantitative estimate of drug-likeness (QED) is 0.450. The number of hydrogen-bond donors (Lipinski definition) is 0. The molecule has 1 aromatic carbocycles. The molecule has 28 heavy (non-hydrogen) atoms. The van der Waals surface area contributed by atoms with E-state index >= 15 is 0 Å². The van der Waals surface area contributed by atoms with E-state index in [1.807, 2.05) is 68.0 Å². The number of amides is 1. The van der Waals surface area contributed by atoms with Crippen LogP contribution in [0.1, 0.15) is 16.2 Å². The predicted octanol–water partition coefficient (Wildman–Crippen LogP) is 4.22. The second-order valence-corrected chi connectivity index (χ2v) is 8.77. The molecule has 4 aromatic rings. The molecule has 0 saturated carbocycles. The summed E-state index contributed by atoms with van der Waals surface area (Å²) in [4.78, 5) is 26.7. The lowest BCUT2D eigenvalue weighted by Gasteiger charge is -2.22. The van der Waals surface area contributed by atoms with Crippen LogP contribution in [0.15, 0.2) is 47.1 Å². The Kier molecular flexibility index (Phi) is 5.18. The van der Waals surface area contributed by atoms with Gasteiger partial charge in [-0.2, -0.15) is 0 Å². The number of fused-ring (bicyclic) bond motifs is 2. The van der Waals surface area contributed by atoms with E-state index in [2.05, 4.69) is 25.8 Å². The van der Waals surface area contributed by atoms with E-state index in [4.69, 9.17) is 4.98 Å². The summed E-state index contributed by atoms with van der Waals surface area (Å²) in [7, 11) is 4.00. The van der Waals surface area contributed by atoms with Crippen molar-refractivity contribution < 1.29 is 4.79 Å². The van der Waals surface area contributed by atoms with Crippen LogP contribution in [0.4, 0.5) is 5.13 Å². The van der Waals surface area contributed by atoms with E-state index in [1.54, 1.807) is 4.90 Å². The molecular formula is C20H20BrN5OS. The lowest BCUT2D eigenvalue weighted by atomic mass is 10.3. The van der Waals surface area contributed by atoms with Crippen LogP contribution in [-0.4, -0.2) is 52.4 Å². The van der Waals surface area contributed by atoms with Gasteiger partial charge in [-0.3, -0.25) is 14.1 Å². The number of benzene rings is 1. The summed E-state index contributed by atoms with van der Waals surface area (Å²) in [6.07, 6.45) is 1.88. The molecule has 144 valence electrons. The van der Waals surface area contributed by atoms with Crippen molar-refractivity contribution in [2.24, 2.45) is 0 Å². The summed E-state index contributed by atoms with van der Waals surface area (Å²) < 4.78 is 3.89. The molecule has 0 spiro atoms. The molecule has 3 heterocycles. The summed E-state index contributed by atoms with van der Waals surface area (Å²) in [6, 6.07) is 11.7. The lowest BCUT2D eigenvalue weighted by Crippen LogP contribution is -2.37. The summed E-state index contributed by atoms with van der Waals surface area (Å²) in [5, 5.41) is 0.699. The van der Waals surface area contributed by atoms with Crippen molar-refractivity contribution in [3.05, 3.63) is 58.5 Å². The number of aryl methyl sites for hydroxylation is 1. The number of carbonyl (C=O) groups is 1. The average molecular weight is 458 g/mol. The van der Waals surface area contributed by atoms with Crippen molar-refractivity contribution in [3.63, 3.8) is 0 Å². The summed E-state index contributed by atoms with van der Waals surface area (Å²) in [5.74, 6) is -0.0869. The first kappa shape index (κ1) is 19.0. The zero-order chi connectivity index (χ0) is 19.8. The summed E-state index contributed by atoms with van der Waals surface area (Å²) in [5.41, 5.74) is 2.95. The molecular weight excluding hydrogens is 438 g/mol. The van der Waals surface area contributed by atoms with Gasteiger partial charge in [-0.25, -0.2) is 9.97 Å². The van der Waals surface area contributed by atoms with Crippen molar-refractivity contribution in [3.8, 4) is 0 Å². The minimum Gasteiger partial charge on any atom is -0.308 e. The zero-order valence-electron chi connectivity index (χ0n) is 15.9. The number of aromatic nitrogens is 3. The molecule has 0 N–H and O–H groups in total. The van der Waals surface area contributed by atoms with Gasteiger partial charge in [0.2, 0.25) is 0 Å². The Morgan fingerprint density at radius 2 is 2.00 bits per heavy atom. The molecule has 8 heteroatoms. The van der Waals surface area contributed by atoms with Crippen LogP contribution < -0.4 is 4.90 Å². The Morgan fingerprint density at radius 3 is 2.79 bits per heavy atom. The third-order valence-corrected chi connectivity index (χ3v) is 6.03. The highest BCUT2D eigenvalue weighted by Gasteiger charge is 2.26. The third-order valence-electron chi connectivity index (χ3n) is 4.49. The number of likely N-dealkylation sites (N-methyl/N-ethyl adjacent to an activating group) is 1. The van der Waals surface area contributed by atoms with Gasteiger partial charge in [0.15, 0.2) is 5.13 Å². The van der Waals surface area contributed by atoms with Crippen LogP contribution >= 0.6 is 27.3 Å². The first-order valence-corrected chi connectivity index (χ1v) is 10.5. The fourth-order valence-corrected chi connectivity index (χ4v) is 4.63. The molecule has 1 amide bonds. The van der Waals surface area contributed by atoms with E-state index in [-0.39, 0.29) is 5.91 Å². The van der Waals surface area contributed by atoms with Crippen LogP contribution in [0.25, 0.3) is 15.9 Å². The number of thiazole rings is 1. The van der Waals surface area contributed by atoms with Crippen molar-refractivity contribution >= 4 is 54.2 Å². The van der Waals surface area contributed by atoms with Crippen molar-refractivity contribution in [1.29, 1.82) is 0 Å². The maximum atomic E-state index is 13.6. The Morgan fingerprint density at radius 1 is 1.18 bits per heavy atom. The van der Waals surface area contributed by atoms with Crippen molar-refractivity contribution in [2.45, 2.75) is 6.92 Å². The van der Waals surface area contributed by atoms with E-state index in [0.717, 1.165) is 32.6 Å². The SMILES string of the molecule is Cc1nc2ccccn2c1C(=O)N(CCN(C)C)c1nc2ccc(Br)cc2s1. The number of imidazole rings is 1. The second-order valence-electron chi connectivity index (χ2n) is 6.84. The number of halogens is 1. The first-order valence-electron chi connectivity index (χ1n) is 8.90. The molecule has 0 aliphatic heterocycles. The van der Waals surface area contributed by atoms with E-state index in [9.17, 15) is 4.79 Å². The van der Waals surface area contributed by atoms with Gasteiger partial charge in [0.1, 0.15) is 11.3 Å². The predicted molar refractivity (Wildman–Crippen MR) is 117 cm³/mol. The van der Waals surface area contributed by atoms with Gasteiger partial charge in [-0.05, 0) is 51.4 Å². The van der Waals surface area contributed by atoms with Crippen LogP contribution in [0.5, 0.6) is 0 Å². The number of rotatable bonds is 5. The number of hydrogen-bond acceptors (Lipinski definition) is 5. The van der Waals surface area contributed by atoms with Crippen LogP contribution in [0, 0.1) is 6.92 Å². The van der Waals surface area contributed by atoms with Gasteiger partial charge in [-0.1, -0.05) is 33.3 Å². The molecule has 0 atom stereocenters. The Balaban J connectivity index is 1.80. The normalized spacial score (nSPS) is 11.6. The Labute approximate surface area is 175 Å². The van der Waals surface area contributed by atoms with E-state index in [1.165, 1.54) is 11.3 Å². The number of carbonyl (C=O) groups excluding carboxylic acids is 1. The molecule has 0 aliphatic carbocycles. The molecule has 6 nitrogen and oxygen atoms in total. The molecule has 0 fully saturated rings. The smallest absolute Gasteiger partial charge is 0.279 e. The summed E-state index contributed by atoms with van der Waals surface area (Å²) >= 11 is 5.03. The molecule has 0 aliphatic rings. The maximum Gasteiger partial charge on any atom is 0.279 e.